The average molecular weight is 383 g/mol. The number of carbonyl (C=O) groups is 1. The zero-order valence-electron chi connectivity index (χ0n) is 15.6. The number of carbonyl (C=O) groups excluding carboxylic acids is 1. The van der Waals surface area contributed by atoms with Crippen LogP contribution in [0.3, 0.4) is 0 Å². The summed E-state index contributed by atoms with van der Waals surface area (Å²) in [5.41, 5.74) is 4.30. The summed E-state index contributed by atoms with van der Waals surface area (Å²) in [6, 6.07) is 17.1. The topological polar surface area (TPSA) is 41.1 Å². The molecule has 2 amide bonds. The van der Waals surface area contributed by atoms with Crippen LogP contribution in [-0.2, 0) is 12.8 Å². The van der Waals surface area contributed by atoms with Gasteiger partial charge in [-0.3, -0.25) is 0 Å². The number of rotatable bonds is 5. The van der Waals surface area contributed by atoms with Crippen LogP contribution >= 0.6 is 11.6 Å². The summed E-state index contributed by atoms with van der Waals surface area (Å²) in [4.78, 5) is 12.1. The summed E-state index contributed by atoms with van der Waals surface area (Å²) in [6.07, 6.45) is 6.61. The van der Waals surface area contributed by atoms with Crippen LogP contribution in [0.5, 0.6) is 0 Å². The minimum atomic E-state index is -0.0224. The molecule has 1 saturated carbocycles. The Kier molecular flexibility index (Phi) is 5.68. The van der Waals surface area contributed by atoms with Crippen LogP contribution in [0.15, 0.2) is 48.5 Å². The van der Waals surface area contributed by atoms with Crippen molar-refractivity contribution in [3.8, 4) is 0 Å². The standard InChI is InChI=1S/C23H27ClN2O/c24-21-9-7-18(8-10-21)20-14-22(15-20)26-23(27)25-12-11-16-5-6-17-3-1-2-4-19(17)13-16/h1-4,7-10,16,20,22H,5-6,11-15H2,(H2,25,26,27). The Labute approximate surface area is 166 Å². The summed E-state index contributed by atoms with van der Waals surface area (Å²) in [5.74, 6) is 1.22. The van der Waals surface area contributed by atoms with Crippen molar-refractivity contribution < 1.29 is 4.79 Å². The first-order valence-electron chi connectivity index (χ1n) is 10.0. The maximum Gasteiger partial charge on any atom is 0.315 e. The van der Waals surface area contributed by atoms with Crippen LogP contribution < -0.4 is 10.6 Å². The molecule has 0 aromatic heterocycles. The van der Waals surface area contributed by atoms with Gasteiger partial charge in [0.05, 0.1) is 0 Å². The molecule has 0 heterocycles. The molecule has 0 spiro atoms. The second kappa shape index (κ2) is 8.35. The normalized spacial score (nSPS) is 23.8. The van der Waals surface area contributed by atoms with Gasteiger partial charge in [-0.15, -0.1) is 0 Å². The van der Waals surface area contributed by atoms with Crippen LogP contribution in [0, 0.1) is 5.92 Å². The third kappa shape index (κ3) is 4.65. The number of halogens is 1. The van der Waals surface area contributed by atoms with Gasteiger partial charge in [0.2, 0.25) is 0 Å². The highest BCUT2D eigenvalue weighted by Crippen LogP contribution is 2.37. The highest BCUT2D eigenvalue weighted by atomic mass is 35.5. The third-order valence-electron chi connectivity index (χ3n) is 6.10. The van der Waals surface area contributed by atoms with Gasteiger partial charge in [0.25, 0.3) is 0 Å². The van der Waals surface area contributed by atoms with Gasteiger partial charge in [-0.1, -0.05) is 48.0 Å². The molecule has 27 heavy (non-hydrogen) atoms. The molecule has 0 saturated heterocycles. The SMILES string of the molecule is O=C(NCCC1CCc2ccccc2C1)NC1CC(c2ccc(Cl)cc2)C1. The Morgan fingerprint density at radius 3 is 2.56 bits per heavy atom. The molecule has 2 aromatic carbocycles. The predicted octanol–water partition coefficient (Wildman–Crippen LogP) is 5.08. The van der Waals surface area contributed by atoms with Crippen LogP contribution in [-0.4, -0.2) is 18.6 Å². The van der Waals surface area contributed by atoms with Gasteiger partial charge in [-0.2, -0.15) is 0 Å². The molecular formula is C23H27ClN2O. The second-order valence-corrected chi connectivity index (χ2v) is 8.42. The Morgan fingerprint density at radius 1 is 1.04 bits per heavy atom. The van der Waals surface area contributed by atoms with Crippen LogP contribution in [0.1, 0.15) is 48.3 Å². The molecule has 1 unspecified atom stereocenters. The van der Waals surface area contributed by atoms with E-state index in [2.05, 4.69) is 47.0 Å². The predicted molar refractivity (Wildman–Crippen MR) is 110 cm³/mol. The van der Waals surface area contributed by atoms with Crippen molar-refractivity contribution in [2.75, 3.05) is 6.54 Å². The van der Waals surface area contributed by atoms with E-state index < -0.39 is 0 Å². The van der Waals surface area contributed by atoms with E-state index in [-0.39, 0.29) is 12.1 Å². The highest BCUT2D eigenvalue weighted by molar-refractivity contribution is 6.30. The van der Waals surface area contributed by atoms with Crippen LogP contribution in [0.2, 0.25) is 5.02 Å². The lowest BCUT2D eigenvalue weighted by molar-refractivity contribution is 0.221. The van der Waals surface area contributed by atoms with E-state index in [1.165, 1.54) is 29.5 Å². The molecule has 0 bridgehead atoms. The molecular weight excluding hydrogens is 356 g/mol. The minimum Gasteiger partial charge on any atom is -0.338 e. The molecule has 4 rings (SSSR count). The van der Waals surface area contributed by atoms with Crippen molar-refractivity contribution in [3.63, 3.8) is 0 Å². The monoisotopic (exact) mass is 382 g/mol. The Hall–Kier alpha value is -2.00. The summed E-state index contributed by atoms with van der Waals surface area (Å²) >= 11 is 5.94. The summed E-state index contributed by atoms with van der Waals surface area (Å²) in [6.45, 7) is 0.756. The van der Waals surface area contributed by atoms with Gasteiger partial charge in [0, 0.05) is 17.6 Å². The quantitative estimate of drug-likeness (QED) is 0.743. The maximum absolute atomic E-state index is 12.1. The lowest BCUT2D eigenvalue weighted by Gasteiger charge is -2.36. The van der Waals surface area contributed by atoms with Gasteiger partial charge >= 0.3 is 6.03 Å². The number of hydrogen-bond acceptors (Lipinski definition) is 1. The van der Waals surface area contributed by atoms with Gasteiger partial charge in [-0.05, 0) is 79.2 Å². The molecule has 0 radical (unpaired) electrons. The molecule has 1 atom stereocenters. The molecule has 2 aliphatic carbocycles. The van der Waals surface area contributed by atoms with E-state index in [0.29, 0.717) is 11.8 Å². The van der Waals surface area contributed by atoms with Gasteiger partial charge in [0.1, 0.15) is 0 Å². The first kappa shape index (κ1) is 18.4. The molecule has 2 aliphatic rings. The van der Waals surface area contributed by atoms with E-state index in [1.54, 1.807) is 0 Å². The number of amides is 2. The number of nitrogens with one attached hydrogen (secondary N) is 2. The maximum atomic E-state index is 12.1. The van der Waals surface area contributed by atoms with Crippen molar-refractivity contribution in [1.29, 1.82) is 0 Å². The van der Waals surface area contributed by atoms with E-state index >= 15 is 0 Å². The van der Waals surface area contributed by atoms with Gasteiger partial charge in [-0.25, -0.2) is 4.79 Å². The second-order valence-electron chi connectivity index (χ2n) is 7.98. The van der Waals surface area contributed by atoms with Crippen LogP contribution in [0.25, 0.3) is 0 Å². The number of aryl methyl sites for hydroxylation is 1. The number of hydrogen-bond donors (Lipinski definition) is 2. The van der Waals surface area contributed by atoms with Gasteiger partial charge < -0.3 is 10.6 Å². The fraction of sp³-hybridized carbons (Fsp3) is 0.435. The number of benzene rings is 2. The number of fused-ring (bicyclic) bond motifs is 1. The molecule has 0 aliphatic heterocycles. The third-order valence-corrected chi connectivity index (χ3v) is 6.35. The largest absolute Gasteiger partial charge is 0.338 e. The smallest absolute Gasteiger partial charge is 0.315 e. The number of urea groups is 1. The molecule has 1 fully saturated rings. The van der Waals surface area contributed by atoms with Crippen LogP contribution in [0.4, 0.5) is 4.79 Å². The van der Waals surface area contributed by atoms with Crippen molar-refractivity contribution in [3.05, 3.63) is 70.2 Å². The van der Waals surface area contributed by atoms with Crippen molar-refractivity contribution in [2.45, 2.75) is 50.5 Å². The first-order valence-corrected chi connectivity index (χ1v) is 10.4. The Morgan fingerprint density at radius 2 is 1.78 bits per heavy atom. The lowest BCUT2D eigenvalue weighted by atomic mass is 9.76. The molecule has 4 heteroatoms. The van der Waals surface area contributed by atoms with E-state index in [9.17, 15) is 4.79 Å². The molecule has 2 N–H and O–H groups in total. The van der Waals surface area contributed by atoms with Gasteiger partial charge in [0.15, 0.2) is 0 Å². The highest BCUT2D eigenvalue weighted by Gasteiger charge is 2.31. The summed E-state index contributed by atoms with van der Waals surface area (Å²) in [7, 11) is 0. The molecule has 142 valence electrons. The van der Waals surface area contributed by atoms with Crippen molar-refractivity contribution >= 4 is 17.6 Å². The summed E-state index contributed by atoms with van der Waals surface area (Å²) < 4.78 is 0. The fourth-order valence-corrected chi connectivity index (χ4v) is 4.51. The zero-order chi connectivity index (χ0) is 18.6. The van der Waals surface area contributed by atoms with E-state index in [4.69, 9.17) is 11.6 Å². The van der Waals surface area contributed by atoms with E-state index in [1.807, 2.05) is 12.1 Å². The Balaban J connectivity index is 1.14. The average Bonchev–Trinajstić information content (AvgIpc) is 2.65. The van der Waals surface area contributed by atoms with Crippen molar-refractivity contribution in [2.24, 2.45) is 5.92 Å². The zero-order valence-corrected chi connectivity index (χ0v) is 16.3. The summed E-state index contributed by atoms with van der Waals surface area (Å²) in [5, 5.41) is 6.92. The van der Waals surface area contributed by atoms with Crippen molar-refractivity contribution in [1.82, 2.24) is 10.6 Å². The Bertz CT molecular complexity index is 783. The lowest BCUT2D eigenvalue weighted by Crippen LogP contribution is -2.48. The first-order chi connectivity index (χ1) is 13.2. The molecule has 2 aromatic rings. The van der Waals surface area contributed by atoms with E-state index in [0.717, 1.165) is 37.3 Å². The minimum absolute atomic E-state index is 0.0224. The fourth-order valence-electron chi connectivity index (χ4n) is 4.39. The molecule has 3 nitrogen and oxygen atoms in total.